The molecule has 1 aliphatic heterocycles. The summed E-state index contributed by atoms with van der Waals surface area (Å²) in [6.45, 7) is 0. The van der Waals surface area contributed by atoms with Crippen LogP contribution in [0, 0.1) is 0 Å². The molecule has 1 heterocycles. The average Bonchev–Trinajstić information content (AvgIpc) is 2.17. The number of hydrogen-bond donors (Lipinski definition) is 0. The summed E-state index contributed by atoms with van der Waals surface area (Å²) in [7, 11) is 3.25. The molecule has 0 spiro atoms. The maximum atomic E-state index is 5.06. The fraction of sp³-hybridized carbons (Fsp3) is 0.125. The first-order chi connectivity index (χ1) is 5.90. The number of ether oxygens (including phenoxy) is 1. The van der Waals surface area contributed by atoms with Crippen molar-refractivity contribution in [1.29, 1.82) is 0 Å². The standard InChI is InChI=1S/C8H7BNO2/c1-11-7-2-3-8-6(4-7)5-10-12-9-8/h2-5H,1H3. The number of nitrogens with zero attached hydrogens (tertiary/aromatic N) is 1. The van der Waals surface area contributed by atoms with Crippen LogP contribution in [0.4, 0.5) is 0 Å². The van der Waals surface area contributed by atoms with Crippen molar-refractivity contribution in [3.05, 3.63) is 23.8 Å². The van der Waals surface area contributed by atoms with Crippen LogP contribution < -0.4 is 10.2 Å². The zero-order valence-electron chi connectivity index (χ0n) is 6.65. The van der Waals surface area contributed by atoms with Gasteiger partial charge in [0.15, 0.2) is 0 Å². The van der Waals surface area contributed by atoms with Gasteiger partial charge in [0, 0.05) is 0 Å². The predicted molar refractivity (Wildman–Crippen MR) is 47.1 cm³/mol. The molecule has 0 fully saturated rings. The largest absolute Gasteiger partial charge is 0.497 e. The lowest BCUT2D eigenvalue weighted by Crippen LogP contribution is -2.23. The van der Waals surface area contributed by atoms with E-state index in [0.717, 1.165) is 16.8 Å². The van der Waals surface area contributed by atoms with Crippen molar-refractivity contribution in [2.75, 3.05) is 7.11 Å². The highest BCUT2D eigenvalue weighted by Crippen LogP contribution is 2.10. The normalized spacial score (nSPS) is 12.8. The Morgan fingerprint density at radius 3 is 3.25 bits per heavy atom. The van der Waals surface area contributed by atoms with Crippen molar-refractivity contribution in [2.45, 2.75) is 0 Å². The zero-order valence-corrected chi connectivity index (χ0v) is 6.65. The Bertz CT molecular complexity index is 325. The van der Waals surface area contributed by atoms with Gasteiger partial charge in [-0.3, -0.25) is 0 Å². The van der Waals surface area contributed by atoms with Crippen molar-refractivity contribution < 1.29 is 9.49 Å². The van der Waals surface area contributed by atoms with E-state index in [4.69, 9.17) is 9.49 Å². The van der Waals surface area contributed by atoms with Crippen LogP contribution in [0.5, 0.6) is 5.75 Å². The molecule has 0 saturated carbocycles. The minimum absolute atomic E-state index is 0.829. The second kappa shape index (κ2) is 2.89. The molecule has 2 rings (SSSR count). The lowest BCUT2D eigenvalue weighted by molar-refractivity contribution is 0.370. The molecule has 12 heavy (non-hydrogen) atoms. The molecule has 0 aliphatic carbocycles. The second-order valence-electron chi connectivity index (χ2n) is 2.45. The van der Waals surface area contributed by atoms with Gasteiger partial charge in [0.25, 0.3) is 0 Å². The summed E-state index contributed by atoms with van der Waals surface area (Å²) in [5.74, 6) is 0.829. The van der Waals surface area contributed by atoms with Gasteiger partial charge in [-0.05, 0) is 23.2 Å². The number of oxime groups is 1. The summed E-state index contributed by atoms with van der Waals surface area (Å²) >= 11 is 0. The van der Waals surface area contributed by atoms with Crippen LogP contribution in [0.1, 0.15) is 5.56 Å². The third-order valence-corrected chi connectivity index (χ3v) is 1.73. The van der Waals surface area contributed by atoms with Crippen molar-refractivity contribution >= 4 is 19.2 Å². The second-order valence-corrected chi connectivity index (χ2v) is 2.45. The summed E-state index contributed by atoms with van der Waals surface area (Å²) in [6, 6.07) is 5.73. The molecular weight excluding hydrogens is 153 g/mol. The molecule has 4 heteroatoms. The van der Waals surface area contributed by atoms with Crippen molar-refractivity contribution in [3.63, 3.8) is 0 Å². The number of hydrogen-bond acceptors (Lipinski definition) is 3. The molecule has 0 unspecified atom stereocenters. The van der Waals surface area contributed by atoms with Gasteiger partial charge < -0.3 is 9.49 Å². The smallest absolute Gasteiger partial charge is 0.449 e. The molecule has 0 bridgehead atoms. The lowest BCUT2D eigenvalue weighted by atomic mass is 9.84. The van der Waals surface area contributed by atoms with Gasteiger partial charge in [0.05, 0.1) is 13.3 Å². The van der Waals surface area contributed by atoms with Crippen molar-refractivity contribution in [1.82, 2.24) is 0 Å². The lowest BCUT2D eigenvalue weighted by Gasteiger charge is -2.09. The van der Waals surface area contributed by atoms with E-state index in [1.807, 2.05) is 18.2 Å². The zero-order chi connectivity index (χ0) is 8.39. The van der Waals surface area contributed by atoms with E-state index in [2.05, 4.69) is 5.16 Å². The van der Waals surface area contributed by atoms with E-state index in [1.165, 1.54) is 0 Å². The molecule has 1 radical (unpaired) electrons. The van der Waals surface area contributed by atoms with Gasteiger partial charge in [-0.1, -0.05) is 6.07 Å². The monoisotopic (exact) mass is 160 g/mol. The van der Waals surface area contributed by atoms with E-state index in [0.29, 0.717) is 0 Å². The predicted octanol–water partition coefficient (Wildman–Crippen LogP) is 0.304. The van der Waals surface area contributed by atoms with Crippen LogP contribution in [0.3, 0.4) is 0 Å². The first-order valence-electron chi connectivity index (χ1n) is 3.60. The van der Waals surface area contributed by atoms with Crippen LogP contribution in [0.15, 0.2) is 23.4 Å². The molecule has 0 atom stereocenters. The van der Waals surface area contributed by atoms with E-state index in [-0.39, 0.29) is 0 Å². The van der Waals surface area contributed by atoms with Crippen LogP contribution in [-0.4, -0.2) is 20.8 Å². The van der Waals surface area contributed by atoms with E-state index in [1.54, 1.807) is 20.8 Å². The Morgan fingerprint density at radius 2 is 2.42 bits per heavy atom. The van der Waals surface area contributed by atoms with Gasteiger partial charge >= 0.3 is 7.48 Å². The fourth-order valence-electron chi connectivity index (χ4n) is 1.07. The molecule has 0 N–H and O–H groups in total. The number of methoxy groups -OCH3 is 1. The van der Waals surface area contributed by atoms with Crippen molar-refractivity contribution in [3.8, 4) is 5.75 Å². The van der Waals surface area contributed by atoms with Crippen LogP contribution >= 0.6 is 0 Å². The highest BCUT2D eigenvalue weighted by molar-refractivity contribution is 6.49. The third kappa shape index (κ3) is 1.16. The molecule has 1 aliphatic rings. The molecule has 1 aromatic rings. The van der Waals surface area contributed by atoms with Crippen molar-refractivity contribution in [2.24, 2.45) is 5.16 Å². The fourth-order valence-corrected chi connectivity index (χ4v) is 1.07. The SMILES string of the molecule is COc1ccc2c(c1)C=NO[B]2. The Kier molecular flexibility index (Phi) is 1.74. The molecule has 1 aromatic carbocycles. The maximum absolute atomic E-state index is 5.06. The number of fused-ring (bicyclic) bond motifs is 1. The molecule has 0 amide bonds. The Morgan fingerprint density at radius 1 is 1.50 bits per heavy atom. The topological polar surface area (TPSA) is 30.8 Å². The van der Waals surface area contributed by atoms with Crippen LogP contribution in [0.2, 0.25) is 0 Å². The van der Waals surface area contributed by atoms with E-state index >= 15 is 0 Å². The van der Waals surface area contributed by atoms with Gasteiger partial charge in [-0.2, -0.15) is 0 Å². The quantitative estimate of drug-likeness (QED) is 0.553. The highest BCUT2D eigenvalue weighted by Gasteiger charge is 2.09. The Labute approximate surface area is 71.3 Å². The third-order valence-electron chi connectivity index (χ3n) is 1.73. The first-order valence-corrected chi connectivity index (χ1v) is 3.60. The van der Waals surface area contributed by atoms with Crippen LogP contribution in [0.25, 0.3) is 0 Å². The Hall–Kier alpha value is -1.45. The van der Waals surface area contributed by atoms with Crippen LogP contribution in [-0.2, 0) is 4.76 Å². The summed E-state index contributed by atoms with van der Waals surface area (Å²) in [5.41, 5.74) is 2.03. The molecule has 59 valence electrons. The van der Waals surface area contributed by atoms with Gasteiger partial charge in [-0.15, -0.1) is 5.16 Å². The minimum atomic E-state index is 0.829. The van der Waals surface area contributed by atoms with E-state index < -0.39 is 0 Å². The number of rotatable bonds is 1. The van der Waals surface area contributed by atoms with Gasteiger partial charge in [0.1, 0.15) is 5.75 Å². The average molecular weight is 160 g/mol. The minimum Gasteiger partial charge on any atom is -0.497 e. The van der Waals surface area contributed by atoms with Gasteiger partial charge in [-0.25, -0.2) is 0 Å². The molecule has 0 aromatic heterocycles. The number of benzene rings is 1. The summed E-state index contributed by atoms with van der Waals surface area (Å²) < 4.78 is 9.84. The first kappa shape index (κ1) is 7.22. The van der Waals surface area contributed by atoms with E-state index in [9.17, 15) is 0 Å². The maximum Gasteiger partial charge on any atom is 0.449 e. The summed E-state index contributed by atoms with van der Waals surface area (Å²) in [4.78, 5) is 0. The highest BCUT2D eigenvalue weighted by atomic mass is 16.6. The molecular formula is C8H7BNO2. The Balaban J connectivity index is 2.44. The summed E-state index contributed by atoms with van der Waals surface area (Å²) in [6.07, 6.45) is 1.66. The summed E-state index contributed by atoms with van der Waals surface area (Å²) in [5, 5.41) is 3.66. The molecule has 3 nitrogen and oxygen atoms in total. The van der Waals surface area contributed by atoms with Gasteiger partial charge in [0.2, 0.25) is 0 Å². The molecule has 0 saturated heterocycles.